The van der Waals surface area contributed by atoms with Crippen LogP contribution in [0.5, 0.6) is 0 Å². The summed E-state index contributed by atoms with van der Waals surface area (Å²) in [4.78, 5) is 19.0. The lowest BCUT2D eigenvalue weighted by Gasteiger charge is -2.19. The van der Waals surface area contributed by atoms with Crippen LogP contribution < -0.4 is 10.2 Å². The smallest absolute Gasteiger partial charge is 0.259 e. The van der Waals surface area contributed by atoms with Gasteiger partial charge >= 0.3 is 0 Å². The van der Waals surface area contributed by atoms with Crippen molar-refractivity contribution in [3.05, 3.63) is 53.7 Å². The molecule has 1 fully saturated rings. The first-order chi connectivity index (χ1) is 12.7. The average molecular weight is 351 g/mol. The van der Waals surface area contributed by atoms with Crippen LogP contribution in [0.25, 0.3) is 0 Å². The molecule has 5 nitrogen and oxygen atoms in total. The van der Waals surface area contributed by atoms with E-state index in [4.69, 9.17) is 0 Å². The van der Waals surface area contributed by atoms with E-state index in [0.717, 1.165) is 24.9 Å². The molecule has 0 saturated heterocycles. The van der Waals surface area contributed by atoms with Crippen molar-refractivity contribution < 1.29 is 9.90 Å². The molecule has 1 atom stereocenters. The summed E-state index contributed by atoms with van der Waals surface area (Å²) in [5.74, 6) is 1.08. The number of aliphatic hydroxyl groups is 1. The lowest BCUT2D eigenvalue weighted by Crippen LogP contribution is -2.29. The molecule has 4 rings (SSSR count). The second-order valence-corrected chi connectivity index (χ2v) is 7.26. The Labute approximate surface area is 154 Å². The second kappa shape index (κ2) is 7.46. The summed E-state index contributed by atoms with van der Waals surface area (Å²) in [5.41, 5.74) is 2.80. The van der Waals surface area contributed by atoms with Crippen molar-refractivity contribution in [2.24, 2.45) is 5.92 Å². The summed E-state index contributed by atoms with van der Waals surface area (Å²) in [6.07, 6.45) is 6.85. The SMILES string of the molecule is O=C(c1ccc(NCC(O)C2CCCC2)nc1)N1CCc2ccccc21. The molecule has 2 heterocycles. The lowest BCUT2D eigenvalue weighted by molar-refractivity contribution is 0.0989. The maximum atomic E-state index is 12.8. The van der Waals surface area contributed by atoms with E-state index in [1.54, 1.807) is 12.3 Å². The number of carbonyl (C=O) groups is 1. The number of fused-ring (bicyclic) bond motifs is 1. The van der Waals surface area contributed by atoms with Crippen LogP contribution in [-0.4, -0.2) is 35.2 Å². The number of anilines is 2. The molecule has 2 N–H and O–H groups in total. The van der Waals surface area contributed by atoms with Gasteiger partial charge in [0.15, 0.2) is 0 Å². The molecule has 1 aromatic heterocycles. The number of pyridine rings is 1. The van der Waals surface area contributed by atoms with Crippen LogP contribution in [0, 0.1) is 5.92 Å². The van der Waals surface area contributed by atoms with Gasteiger partial charge in [-0.1, -0.05) is 31.0 Å². The van der Waals surface area contributed by atoms with Crippen molar-refractivity contribution in [1.82, 2.24) is 4.98 Å². The number of rotatable bonds is 5. The number of nitrogens with one attached hydrogen (secondary N) is 1. The van der Waals surface area contributed by atoms with Crippen LogP contribution in [0.1, 0.15) is 41.6 Å². The Balaban J connectivity index is 1.37. The van der Waals surface area contributed by atoms with Gasteiger partial charge in [-0.05, 0) is 48.9 Å². The Morgan fingerprint density at radius 1 is 1.23 bits per heavy atom. The molecule has 2 aromatic rings. The number of aromatic nitrogens is 1. The quantitative estimate of drug-likeness (QED) is 0.868. The molecule has 0 spiro atoms. The zero-order chi connectivity index (χ0) is 17.9. The Morgan fingerprint density at radius 2 is 2.04 bits per heavy atom. The van der Waals surface area contributed by atoms with E-state index >= 15 is 0 Å². The Bertz CT molecular complexity index is 769. The summed E-state index contributed by atoms with van der Waals surface area (Å²) >= 11 is 0. The molecule has 1 saturated carbocycles. The fraction of sp³-hybridized carbons (Fsp3) is 0.429. The van der Waals surface area contributed by atoms with Crippen molar-refractivity contribution in [1.29, 1.82) is 0 Å². The van der Waals surface area contributed by atoms with Gasteiger partial charge in [-0.2, -0.15) is 0 Å². The molecule has 1 unspecified atom stereocenters. The number of benzene rings is 1. The van der Waals surface area contributed by atoms with Crippen molar-refractivity contribution >= 4 is 17.4 Å². The number of hydrogen-bond acceptors (Lipinski definition) is 4. The summed E-state index contributed by atoms with van der Waals surface area (Å²) in [5, 5.41) is 13.4. The zero-order valence-corrected chi connectivity index (χ0v) is 14.9. The average Bonchev–Trinajstić information content (AvgIpc) is 3.36. The molecule has 0 bridgehead atoms. The third-order valence-electron chi connectivity index (χ3n) is 5.58. The van der Waals surface area contributed by atoms with Gasteiger partial charge in [-0.25, -0.2) is 4.98 Å². The third-order valence-corrected chi connectivity index (χ3v) is 5.58. The molecular formula is C21H25N3O2. The number of amides is 1. The van der Waals surface area contributed by atoms with Gasteiger partial charge in [0.1, 0.15) is 5.82 Å². The van der Waals surface area contributed by atoms with Gasteiger partial charge in [-0.15, -0.1) is 0 Å². The maximum Gasteiger partial charge on any atom is 0.259 e. The van der Waals surface area contributed by atoms with Crippen LogP contribution in [0.4, 0.5) is 11.5 Å². The molecule has 1 aromatic carbocycles. The number of hydrogen-bond donors (Lipinski definition) is 2. The number of para-hydroxylation sites is 1. The first-order valence-electron chi connectivity index (χ1n) is 9.50. The van der Waals surface area contributed by atoms with E-state index in [2.05, 4.69) is 16.4 Å². The molecule has 26 heavy (non-hydrogen) atoms. The van der Waals surface area contributed by atoms with Gasteiger partial charge in [0.25, 0.3) is 5.91 Å². The maximum absolute atomic E-state index is 12.8. The Kier molecular flexibility index (Phi) is 4.89. The Morgan fingerprint density at radius 3 is 2.81 bits per heavy atom. The largest absolute Gasteiger partial charge is 0.391 e. The van der Waals surface area contributed by atoms with Crippen LogP contribution >= 0.6 is 0 Å². The van der Waals surface area contributed by atoms with E-state index in [1.165, 1.54) is 18.4 Å². The number of carbonyl (C=O) groups excluding carboxylic acids is 1. The zero-order valence-electron chi connectivity index (χ0n) is 14.9. The predicted octanol–water partition coefficient (Wildman–Crippen LogP) is 3.25. The lowest BCUT2D eigenvalue weighted by atomic mass is 10.0. The van der Waals surface area contributed by atoms with E-state index in [0.29, 0.717) is 30.4 Å². The van der Waals surface area contributed by atoms with Crippen LogP contribution in [0.15, 0.2) is 42.6 Å². The molecule has 136 valence electrons. The highest BCUT2D eigenvalue weighted by Crippen LogP contribution is 2.29. The number of nitrogens with zero attached hydrogens (tertiary/aromatic N) is 2. The van der Waals surface area contributed by atoms with E-state index < -0.39 is 0 Å². The van der Waals surface area contributed by atoms with E-state index in [9.17, 15) is 9.90 Å². The first-order valence-corrected chi connectivity index (χ1v) is 9.50. The van der Waals surface area contributed by atoms with Crippen molar-refractivity contribution in [2.75, 3.05) is 23.3 Å². The number of aliphatic hydroxyl groups excluding tert-OH is 1. The van der Waals surface area contributed by atoms with Crippen LogP contribution in [-0.2, 0) is 6.42 Å². The highest BCUT2D eigenvalue weighted by molar-refractivity contribution is 6.07. The van der Waals surface area contributed by atoms with E-state index in [-0.39, 0.29) is 12.0 Å². The molecule has 5 heteroatoms. The highest BCUT2D eigenvalue weighted by atomic mass is 16.3. The summed E-state index contributed by atoms with van der Waals surface area (Å²) < 4.78 is 0. The minimum absolute atomic E-state index is 0.0139. The minimum atomic E-state index is -0.332. The van der Waals surface area contributed by atoms with Gasteiger partial charge < -0.3 is 15.3 Å². The third kappa shape index (κ3) is 3.44. The van der Waals surface area contributed by atoms with Crippen molar-refractivity contribution in [3.8, 4) is 0 Å². The fourth-order valence-corrected chi connectivity index (χ4v) is 4.05. The van der Waals surface area contributed by atoms with Gasteiger partial charge in [0.2, 0.25) is 0 Å². The standard InChI is InChI=1S/C21H25N3O2/c25-19(16-6-1-2-7-16)14-23-20-10-9-17(13-22-20)21(26)24-12-11-15-5-3-4-8-18(15)24/h3-5,8-10,13,16,19,25H,1-2,6-7,11-12,14H2,(H,22,23). The van der Waals surface area contributed by atoms with E-state index in [1.807, 2.05) is 29.2 Å². The monoisotopic (exact) mass is 351 g/mol. The van der Waals surface area contributed by atoms with Gasteiger partial charge in [0, 0.05) is 25.0 Å². The first kappa shape index (κ1) is 17.0. The van der Waals surface area contributed by atoms with Gasteiger partial charge in [-0.3, -0.25) is 4.79 Å². The topological polar surface area (TPSA) is 65.5 Å². The molecule has 1 aliphatic heterocycles. The normalized spacial score (nSPS) is 18.0. The molecule has 2 aliphatic rings. The highest BCUT2D eigenvalue weighted by Gasteiger charge is 2.25. The summed E-state index contributed by atoms with van der Waals surface area (Å²) in [6, 6.07) is 11.7. The molecule has 1 amide bonds. The molecule has 0 radical (unpaired) electrons. The summed E-state index contributed by atoms with van der Waals surface area (Å²) in [6.45, 7) is 1.22. The van der Waals surface area contributed by atoms with Crippen LogP contribution in [0.2, 0.25) is 0 Å². The van der Waals surface area contributed by atoms with Crippen molar-refractivity contribution in [2.45, 2.75) is 38.2 Å². The van der Waals surface area contributed by atoms with Gasteiger partial charge in [0.05, 0.1) is 11.7 Å². The van der Waals surface area contributed by atoms with Crippen LogP contribution in [0.3, 0.4) is 0 Å². The summed E-state index contributed by atoms with van der Waals surface area (Å²) in [7, 11) is 0. The molecule has 1 aliphatic carbocycles. The minimum Gasteiger partial charge on any atom is -0.391 e. The predicted molar refractivity (Wildman–Crippen MR) is 103 cm³/mol. The second-order valence-electron chi connectivity index (χ2n) is 7.26. The Hall–Kier alpha value is -2.40. The molecular weight excluding hydrogens is 326 g/mol. The fourth-order valence-electron chi connectivity index (χ4n) is 4.05. The van der Waals surface area contributed by atoms with Crippen molar-refractivity contribution in [3.63, 3.8) is 0 Å².